The van der Waals surface area contributed by atoms with Gasteiger partial charge in [0.15, 0.2) is 0 Å². The minimum Gasteiger partial charge on any atom is -0.394 e. The normalized spacial score (nSPS) is 18.8. The number of hydrogen-bond acceptors (Lipinski definition) is 4. The minimum atomic E-state index is -0.119. The molecule has 0 heterocycles. The van der Waals surface area contributed by atoms with Crippen LogP contribution in [-0.2, 0) is 4.74 Å². The summed E-state index contributed by atoms with van der Waals surface area (Å²) in [5.41, 5.74) is -0.119. The number of nitrogens with zero attached hydrogens (tertiary/aromatic N) is 1. The van der Waals surface area contributed by atoms with E-state index >= 15 is 0 Å². The van der Waals surface area contributed by atoms with Crippen molar-refractivity contribution in [1.82, 2.24) is 10.2 Å². The van der Waals surface area contributed by atoms with E-state index in [0.29, 0.717) is 0 Å². The van der Waals surface area contributed by atoms with Crippen LogP contribution in [-0.4, -0.2) is 62.6 Å². The summed E-state index contributed by atoms with van der Waals surface area (Å²) in [4.78, 5) is 2.34. The average molecular weight is 272 g/mol. The fourth-order valence-corrected chi connectivity index (χ4v) is 2.05. The summed E-state index contributed by atoms with van der Waals surface area (Å²) >= 11 is 0. The Morgan fingerprint density at radius 1 is 1.32 bits per heavy atom. The van der Waals surface area contributed by atoms with E-state index in [9.17, 15) is 5.11 Å². The van der Waals surface area contributed by atoms with Crippen molar-refractivity contribution in [3.05, 3.63) is 0 Å². The van der Waals surface area contributed by atoms with Crippen molar-refractivity contribution in [1.29, 1.82) is 0 Å². The van der Waals surface area contributed by atoms with Crippen LogP contribution in [0.25, 0.3) is 0 Å². The number of ether oxygens (including phenoxy) is 1. The highest BCUT2D eigenvalue weighted by Crippen LogP contribution is 2.28. The van der Waals surface area contributed by atoms with Crippen LogP contribution >= 0.6 is 0 Å². The number of nitrogens with one attached hydrogen (secondary N) is 1. The smallest absolute Gasteiger partial charge is 0.0610 e. The second-order valence-corrected chi connectivity index (χ2v) is 6.25. The van der Waals surface area contributed by atoms with Gasteiger partial charge in [0.2, 0.25) is 0 Å². The third-order valence-corrected chi connectivity index (χ3v) is 4.14. The molecule has 4 heteroatoms. The summed E-state index contributed by atoms with van der Waals surface area (Å²) in [5, 5.41) is 12.5. The van der Waals surface area contributed by atoms with Gasteiger partial charge in [-0.05, 0) is 59.2 Å². The van der Waals surface area contributed by atoms with Crippen LogP contribution in [0.3, 0.4) is 0 Å². The van der Waals surface area contributed by atoms with Crippen molar-refractivity contribution in [3.8, 4) is 0 Å². The summed E-state index contributed by atoms with van der Waals surface area (Å²) < 4.78 is 5.64. The lowest BCUT2D eigenvalue weighted by molar-refractivity contribution is 0.102. The van der Waals surface area contributed by atoms with Gasteiger partial charge >= 0.3 is 0 Å². The maximum absolute atomic E-state index is 9.30. The summed E-state index contributed by atoms with van der Waals surface area (Å²) in [6, 6.07) is 0. The van der Waals surface area contributed by atoms with Gasteiger partial charge in [0.25, 0.3) is 0 Å². The molecule has 4 nitrogen and oxygen atoms in total. The zero-order valence-electron chi connectivity index (χ0n) is 13.0. The summed E-state index contributed by atoms with van der Waals surface area (Å²) in [6.45, 7) is 6.23. The lowest BCUT2D eigenvalue weighted by Gasteiger charge is -2.27. The van der Waals surface area contributed by atoms with Gasteiger partial charge in [-0.25, -0.2) is 0 Å². The van der Waals surface area contributed by atoms with E-state index in [1.54, 1.807) is 0 Å². The lowest BCUT2D eigenvalue weighted by atomic mass is 9.96. The van der Waals surface area contributed by atoms with Gasteiger partial charge in [0, 0.05) is 18.7 Å². The quantitative estimate of drug-likeness (QED) is 0.528. The molecule has 1 aliphatic rings. The molecule has 1 atom stereocenters. The Labute approximate surface area is 118 Å². The SMILES string of the molecule is CNC(C)(CO)CCCCN(C)CCOCC1CC1. The molecule has 0 aromatic rings. The van der Waals surface area contributed by atoms with E-state index in [2.05, 4.69) is 24.2 Å². The molecule has 1 fully saturated rings. The molecular formula is C15H32N2O2. The first-order valence-electron chi connectivity index (χ1n) is 7.66. The lowest BCUT2D eigenvalue weighted by Crippen LogP contribution is -2.43. The predicted octanol–water partition coefficient (Wildman–Crippen LogP) is 1.49. The molecule has 114 valence electrons. The maximum Gasteiger partial charge on any atom is 0.0610 e. The molecule has 0 radical (unpaired) electrons. The highest BCUT2D eigenvalue weighted by Gasteiger charge is 2.21. The molecule has 2 N–H and O–H groups in total. The molecule has 0 spiro atoms. The molecule has 0 saturated heterocycles. The van der Waals surface area contributed by atoms with Gasteiger partial charge in [-0.2, -0.15) is 0 Å². The Kier molecular flexibility index (Phi) is 7.91. The van der Waals surface area contributed by atoms with Crippen LogP contribution in [0.4, 0.5) is 0 Å². The fourth-order valence-electron chi connectivity index (χ4n) is 2.05. The highest BCUT2D eigenvalue weighted by molar-refractivity contribution is 4.80. The number of unbranched alkanes of at least 4 members (excludes halogenated alkanes) is 1. The van der Waals surface area contributed by atoms with Gasteiger partial charge in [-0.15, -0.1) is 0 Å². The predicted molar refractivity (Wildman–Crippen MR) is 79.4 cm³/mol. The van der Waals surface area contributed by atoms with Gasteiger partial charge in [0.1, 0.15) is 0 Å². The first-order chi connectivity index (χ1) is 9.09. The maximum atomic E-state index is 9.30. The molecule has 0 aromatic carbocycles. The van der Waals surface area contributed by atoms with Crippen LogP contribution in [0.5, 0.6) is 0 Å². The molecule has 0 amide bonds. The number of aliphatic hydroxyl groups is 1. The minimum absolute atomic E-state index is 0.119. The Morgan fingerprint density at radius 3 is 2.63 bits per heavy atom. The van der Waals surface area contributed by atoms with Crippen LogP contribution in [0.2, 0.25) is 0 Å². The van der Waals surface area contributed by atoms with Gasteiger partial charge in [0.05, 0.1) is 13.2 Å². The van der Waals surface area contributed by atoms with Crippen molar-refractivity contribution in [2.24, 2.45) is 5.92 Å². The molecule has 0 aromatic heterocycles. The zero-order valence-corrected chi connectivity index (χ0v) is 13.0. The molecule has 1 rings (SSSR count). The van der Waals surface area contributed by atoms with E-state index in [-0.39, 0.29) is 12.1 Å². The van der Waals surface area contributed by atoms with E-state index in [4.69, 9.17) is 4.74 Å². The van der Waals surface area contributed by atoms with Crippen LogP contribution in [0.1, 0.15) is 39.0 Å². The number of aliphatic hydroxyl groups excluding tert-OH is 1. The van der Waals surface area contributed by atoms with E-state index in [1.165, 1.54) is 19.3 Å². The highest BCUT2D eigenvalue weighted by atomic mass is 16.5. The fraction of sp³-hybridized carbons (Fsp3) is 1.00. The third-order valence-electron chi connectivity index (χ3n) is 4.14. The molecule has 0 bridgehead atoms. The summed E-state index contributed by atoms with van der Waals surface area (Å²) in [5.74, 6) is 0.864. The summed E-state index contributed by atoms with van der Waals surface area (Å²) in [7, 11) is 4.07. The van der Waals surface area contributed by atoms with Crippen LogP contribution < -0.4 is 5.32 Å². The molecule has 1 unspecified atom stereocenters. The molecule has 1 saturated carbocycles. The van der Waals surface area contributed by atoms with Crippen LogP contribution in [0.15, 0.2) is 0 Å². The topological polar surface area (TPSA) is 44.7 Å². The average Bonchev–Trinajstić information content (AvgIpc) is 3.23. The van der Waals surface area contributed by atoms with Gasteiger partial charge in [-0.3, -0.25) is 0 Å². The van der Waals surface area contributed by atoms with E-state index in [1.807, 2.05) is 7.05 Å². The summed E-state index contributed by atoms with van der Waals surface area (Å²) in [6.07, 6.45) is 6.07. The van der Waals surface area contributed by atoms with Gasteiger partial charge < -0.3 is 20.1 Å². The van der Waals surface area contributed by atoms with Gasteiger partial charge in [-0.1, -0.05) is 6.42 Å². The monoisotopic (exact) mass is 272 g/mol. The van der Waals surface area contributed by atoms with Crippen molar-refractivity contribution in [2.75, 3.05) is 47.0 Å². The van der Waals surface area contributed by atoms with Crippen molar-refractivity contribution >= 4 is 0 Å². The first-order valence-corrected chi connectivity index (χ1v) is 7.66. The van der Waals surface area contributed by atoms with Crippen LogP contribution in [0, 0.1) is 5.92 Å². The molecular weight excluding hydrogens is 240 g/mol. The van der Waals surface area contributed by atoms with Crippen molar-refractivity contribution < 1.29 is 9.84 Å². The standard InChI is InChI=1S/C15H32N2O2/c1-15(13-18,16-2)8-4-5-9-17(3)10-11-19-12-14-6-7-14/h14,16,18H,4-13H2,1-3H3. The van der Waals surface area contributed by atoms with Crippen molar-refractivity contribution in [3.63, 3.8) is 0 Å². The Bertz CT molecular complexity index is 228. The molecule has 19 heavy (non-hydrogen) atoms. The Morgan fingerprint density at radius 2 is 2.05 bits per heavy atom. The van der Waals surface area contributed by atoms with E-state index < -0.39 is 0 Å². The Hall–Kier alpha value is -0.160. The van der Waals surface area contributed by atoms with E-state index in [0.717, 1.165) is 45.1 Å². The Balaban J connectivity index is 1.92. The number of likely N-dealkylation sites (N-methyl/N-ethyl adjacent to an activating group) is 2. The van der Waals surface area contributed by atoms with Crippen molar-refractivity contribution in [2.45, 2.75) is 44.6 Å². The second kappa shape index (κ2) is 8.90. The molecule has 1 aliphatic carbocycles. The first kappa shape index (κ1) is 16.9. The second-order valence-electron chi connectivity index (χ2n) is 6.25. The third kappa shape index (κ3) is 7.88. The number of rotatable bonds is 12. The molecule has 0 aliphatic heterocycles. The number of hydrogen-bond donors (Lipinski definition) is 2. The zero-order chi connectivity index (χ0) is 14.1. The largest absolute Gasteiger partial charge is 0.394 e.